The standard InChI is InChI=1S/C18H20O4/c1-12-8-13(2)10-15(9-12)22-11-14-6-4-5-7-16(14)17(19)18(20)21-3/h4-10,17,19H,11H2,1-3H3. The summed E-state index contributed by atoms with van der Waals surface area (Å²) in [6.45, 7) is 4.29. The van der Waals surface area contributed by atoms with Crippen LogP contribution in [0.1, 0.15) is 28.4 Å². The number of hydrogen-bond acceptors (Lipinski definition) is 4. The van der Waals surface area contributed by atoms with Crippen LogP contribution in [0.2, 0.25) is 0 Å². The molecule has 0 aliphatic carbocycles. The van der Waals surface area contributed by atoms with Gasteiger partial charge in [0.25, 0.3) is 0 Å². The Morgan fingerprint density at radius 1 is 1.14 bits per heavy atom. The molecule has 0 fully saturated rings. The number of benzene rings is 2. The molecule has 0 spiro atoms. The van der Waals surface area contributed by atoms with Gasteiger partial charge >= 0.3 is 5.97 Å². The molecule has 1 atom stereocenters. The predicted molar refractivity (Wildman–Crippen MR) is 83.7 cm³/mol. The Labute approximate surface area is 130 Å². The van der Waals surface area contributed by atoms with Crippen molar-refractivity contribution >= 4 is 5.97 Å². The van der Waals surface area contributed by atoms with Crippen molar-refractivity contribution in [2.24, 2.45) is 0 Å². The van der Waals surface area contributed by atoms with Gasteiger partial charge in [0.2, 0.25) is 0 Å². The first kappa shape index (κ1) is 16.0. The van der Waals surface area contributed by atoms with Crippen LogP contribution in [-0.2, 0) is 16.1 Å². The molecule has 1 unspecified atom stereocenters. The van der Waals surface area contributed by atoms with Crippen LogP contribution in [0, 0.1) is 13.8 Å². The second-order valence-corrected chi connectivity index (χ2v) is 5.24. The van der Waals surface area contributed by atoms with E-state index in [9.17, 15) is 9.90 Å². The van der Waals surface area contributed by atoms with Crippen LogP contribution in [0.15, 0.2) is 42.5 Å². The van der Waals surface area contributed by atoms with E-state index < -0.39 is 12.1 Å². The first-order valence-corrected chi connectivity index (χ1v) is 7.06. The Morgan fingerprint density at radius 2 is 1.77 bits per heavy atom. The molecule has 0 saturated carbocycles. The zero-order valence-corrected chi connectivity index (χ0v) is 13.0. The van der Waals surface area contributed by atoms with Crippen molar-refractivity contribution < 1.29 is 19.4 Å². The molecule has 2 rings (SSSR count). The SMILES string of the molecule is COC(=O)C(O)c1ccccc1COc1cc(C)cc(C)c1. The summed E-state index contributed by atoms with van der Waals surface area (Å²) in [5, 5.41) is 10.0. The largest absolute Gasteiger partial charge is 0.489 e. The Balaban J connectivity index is 2.18. The summed E-state index contributed by atoms with van der Waals surface area (Å²) in [6.07, 6.45) is -1.30. The molecule has 0 aliphatic rings. The van der Waals surface area contributed by atoms with Gasteiger partial charge in [-0.05, 0) is 48.2 Å². The van der Waals surface area contributed by atoms with E-state index in [-0.39, 0.29) is 6.61 Å². The van der Waals surface area contributed by atoms with Gasteiger partial charge in [0, 0.05) is 0 Å². The number of aryl methyl sites for hydroxylation is 2. The molecule has 1 N–H and O–H groups in total. The summed E-state index contributed by atoms with van der Waals surface area (Å²) >= 11 is 0. The quantitative estimate of drug-likeness (QED) is 0.862. The number of rotatable bonds is 5. The van der Waals surface area contributed by atoms with Gasteiger partial charge in [-0.15, -0.1) is 0 Å². The monoisotopic (exact) mass is 300 g/mol. The highest BCUT2D eigenvalue weighted by Crippen LogP contribution is 2.22. The number of methoxy groups -OCH3 is 1. The number of ether oxygens (including phenoxy) is 2. The molecule has 22 heavy (non-hydrogen) atoms. The predicted octanol–water partition coefficient (Wildman–Crippen LogP) is 3.09. The van der Waals surface area contributed by atoms with Gasteiger partial charge in [-0.3, -0.25) is 0 Å². The molecule has 0 aromatic heterocycles. The van der Waals surface area contributed by atoms with Crippen LogP contribution in [0.5, 0.6) is 5.75 Å². The number of aliphatic hydroxyl groups is 1. The molecular weight excluding hydrogens is 280 g/mol. The van der Waals surface area contributed by atoms with E-state index in [2.05, 4.69) is 10.8 Å². The Hall–Kier alpha value is -2.33. The topological polar surface area (TPSA) is 55.8 Å². The third-order valence-electron chi connectivity index (χ3n) is 3.36. The van der Waals surface area contributed by atoms with E-state index in [1.54, 1.807) is 12.1 Å². The number of aliphatic hydroxyl groups excluding tert-OH is 1. The number of hydrogen-bond donors (Lipinski definition) is 1. The molecule has 0 radical (unpaired) electrons. The number of carbonyl (C=O) groups excluding carboxylic acids is 1. The summed E-state index contributed by atoms with van der Waals surface area (Å²) in [4.78, 5) is 11.5. The molecule has 2 aromatic rings. The molecule has 0 saturated heterocycles. The van der Waals surface area contributed by atoms with Gasteiger partial charge in [-0.1, -0.05) is 30.3 Å². The molecule has 116 valence electrons. The van der Waals surface area contributed by atoms with Crippen molar-refractivity contribution in [2.75, 3.05) is 7.11 Å². The van der Waals surface area contributed by atoms with Gasteiger partial charge in [0.1, 0.15) is 12.4 Å². The summed E-state index contributed by atoms with van der Waals surface area (Å²) in [5.74, 6) is 0.0821. The summed E-state index contributed by atoms with van der Waals surface area (Å²) in [5.41, 5.74) is 3.49. The zero-order chi connectivity index (χ0) is 16.1. The normalized spacial score (nSPS) is 11.8. The van der Waals surface area contributed by atoms with Crippen molar-refractivity contribution in [1.82, 2.24) is 0 Å². The number of carbonyl (C=O) groups is 1. The highest BCUT2D eigenvalue weighted by molar-refractivity contribution is 5.76. The fourth-order valence-electron chi connectivity index (χ4n) is 2.35. The molecule has 4 nitrogen and oxygen atoms in total. The van der Waals surface area contributed by atoms with E-state index in [0.717, 1.165) is 22.4 Å². The molecular formula is C18H20O4. The van der Waals surface area contributed by atoms with Crippen molar-refractivity contribution in [2.45, 2.75) is 26.6 Å². The average molecular weight is 300 g/mol. The third-order valence-corrected chi connectivity index (χ3v) is 3.36. The minimum atomic E-state index is -1.30. The lowest BCUT2D eigenvalue weighted by atomic mass is 10.0. The van der Waals surface area contributed by atoms with Crippen LogP contribution in [0.25, 0.3) is 0 Å². The fourth-order valence-corrected chi connectivity index (χ4v) is 2.35. The average Bonchev–Trinajstić information content (AvgIpc) is 2.51. The molecule has 4 heteroatoms. The molecule has 0 heterocycles. The van der Waals surface area contributed by atoms with Gasteiger partial charge in [0.15, 0.2) is 6.10 Å². The van der Waals surface area contributed by atoms with Crippen LogP contribution < -0.4 is 4.74 Å². The van der Waals surface area contributed by atoms with Crippen molar-refractivity contribution in [3.05, 3.63) is 64.7 Å². The maximum atomic E-state index is 11.5. The zero-order valence-electron chi connectivity index (χ0n) is 13.0. The van der Waals surface area contributed by atoms with E-state index >= 15 is 0 Å². The molecule has 2 aromatic carbocycles. The maximum Gasteiger partial charge on any atom is 0.339 e. The van der Waals surface area contributed by atoms with E-state index in [0.29, 0.717) is 5.56 Å². The summed E-state index contributed by atoms with van der Waals surface area (Å²) in [6, 6.07) is 13.1. The highest BCUT2D eigenvalue weighted by Gasteiger charge is 2.20. The molecule has 0 amide bonds. The van der Waals surface area contributed by atoms with Crippen molar-refractivity contribution in [3.63, 3.8) is 0 Å². The Morgan fingerprint density at radius 3 is 2.41 bits per heavy atom. The summed E-state index contributed by atoms with van der Waals surface area (Å²) in [7, 11) is 1.25. The lowest BCUT2D eigenvalue weighted by molar-refractivity contribution is -0.150. The minimum Gasteiger partial charge on any atom is -0.489 e. The maximum absolute atomic E-state index is 11.5. The summed E-state index contributed by atoms with van der Waals surface area (Å²) < 4.78 is 10.4. The van der Waals surface area contributed by atoms with Gasteiger partial charge in [-0.2, -0.15) is 0 Å². The van der Waals surface area contributed by atoms with Gasteiger partial charge in [0.05, 0.1) is 7.11 Å². The van der Waals surface area contributed by atoms with Gasteiger partial charge in [-0.25, -0.2) is 4.79 Å². The first-order chi connectivity index (χ1) is 10.5. The lowest BCUT2D eigenvalue weighted by Crippen LogP contribution is -2.16. The van der Waals surface area contributed by atoms with Crippen molar-refractivity contribution in [1.29, 1.82) is 0 Å². The van der Waals surface area contributed by atoms with E-state index in [4.69, 9.17) is 4.74 Å². The third kappa shape index (κ3) is 3.86. The van der Waals surface area contributed by atoms with Crippen LogP contribution >= 0.6 is 0 Å². The first-order valence-electron chi connectivity index (χ1n) is 7.06. The molecule has 0 aliphatic heterocycles. The van der Waals surface area contributed by atoms with Crippen molar-refractivity contribution in [3.8, 4) is 5.75 Å². The smallest absolute Gasteiger partial charge is 0.339 e. The Kier molecular flexibility index (Phi) is 5.17. The van der Waals surface area contributed by atoms with E-state index in [1.807, 2.05) is 38.1 Å². The van der Waals surface area contributed by atoms with Crippen LogP contribution in [0.3, 0.4) is 0 Å². The van der Waals surface area contributed by atoms with Crippen LogP contribution in [-0.4, -0.2) is 18.2 Å². The number of esters is 1. The molecule has 0 bridgehead atoms. The Bertz CT molecular complexity index is 644. The lowest BCUT2D eigenvalue weighted by Gasteiger charge is -2.15. The van der Waals surface area contributed by atoms with Crippen LogP contribution in [0.4, 0.5) is 0 Å². The van der Waals surface area contributed by atoms with E-state index in [1.165, 1.54) is 7.11 Å². The fraction of sp³-hybridized carbons (Fsp3) is 0.278. The second-order valence-electron chi connectivity index (χ2n) is 5.24. The van der Waals surface area contributed by atoms with Gasteiger partial charge < -0.3 is 14.6 Å². The minimum absolute atomic E-state index is 0.271. The highest BCUT2D eigenvalue weighted by atomic mass is 16.5. The second kappa shape index (κ2) is 7.09.